The van der Waals surface area contributed by atoms with Crippen molar-refractivity contribution >= 4 is 41.0 Å². The van der Waals surface area contributed by atoms with Gasteiger partial charge < -0.3 is 5.32 Å². The first-order valence-electron chi connectivity index (χ1n) is 8.00. The van der Waals surface area contributed by atoms with Gasteiger partial charge in [0.1, 0.15) is 6.54 Å². The van der Waals surface area contributed by atoms with Crippen molar-refractivity contribution in [2.75, 3.05) is 18.4 Å². The molecule has 1 aromatic carbocycles. The van der Waals surface area contributed by atoms with Crippen LogP contribution in [0.2, 0.25) is 5.02 Å². The minimum absolute atomic E-state index is 0.168. The zero-order valence-corrected chi connectivity index (χ0v) is 15.1. The standard InChI is InChI=1S/C17H20ClN3O4/c1-4-5-6-20-15(23)16(24)21(17(20)25)9-13(22)19-14-11(3)7-10(2)8-12(14)18/h7-8H,4-6,9H2,1-3H3,(H,19,22). The van der Waals surface area contributed by atoms with E-state index in [1.807, 2.05) is 19.9 Å². The molecule has 134 valence electrons. The third kappa shape index (κ3) is 3.99. The van der Waals surface area contributed by atoms with Gasteiger partial charge in [-0.2, -0.15) is 0 Å². The monoisotopic (exact) mass is 365 g/mol. The van der Waals surface area contributed by atoms with E-state index in [-0.39, 0.29) is 6.54 Å². The average molecular weight is 366 g/mol. The van der Waals surface area contributed by atoms with Gasteiger partial charge in [-0.25, -0.2) is 9.69 Å². The smallest absolute Gasteiger partial charge is 0.323 e. The van der Waals surface area contributed by atoms with Crippen molar-refractivity contribution in [3.63, 3.8) is 0 Å². The molecule has 0 aliphatic carbocycles. The highest BCUT2D eigenvalue weighted by atomic mass is 35.5. The Bertz CT molecular complexity index is 724. The van der Waals surface area contributed by atoms with Crippen molar-refractivity contribution in [1.29, 1.82) is 0 Å². The van der Waals surface area contributed by atoms with E-state index in [4.69, 9.17) is 11.6 Å². The lowest BCUT2D eigenvalue weighted by atomic mass is 10.1. The number of imide groups is 2. The minimum Gasteiger partial charge on any atom is -0.323 e. The van der Waals surface area contributed by atoms with E-state index in [9.17, 15) is 19.2 Å². The predicted molar refractivity (Wildman–Crippen MR) is 93.3 cm³/mol. The number of amides is 5. The molecule has 7 nitrogen and oxygen atoms in total. The molecule has 2 rings (SSSR count). The maximum atomic E-state index is 12.2. The van der Waals surface area contributed by atoms with Gasteiger partial charge in [0, 0.05) is 6.54 Å². The topological polar surface area (TPSA) is 86.8 Å². The molecule has 8 heteroatoms. The van der Waals surface area contributed by atoms with Gasteiger partial charge in [0.15, 0.2) is 0 Å². The van der Waals surface area contributed by atoms with Gasteiger partial charge in [0.05, 0.1) is 10.7 Å². The summed E-state index contributed by atoms with van der Waals surface area (Å²) in [5.74, 6) is -2.47. The predicted octanol–water partition coefficient (Wildman–Crippen LogP) is 2.49. The molecule has 0 bridgehead atoms. The van der Waals surface area contributed by atoms with Crippen molar-refractivity contribution in [3.8, 4) is 0 Å². The molecule has 1 saturated heterocycles. The first kappa shape index (κ1) is 18.9. The van der Waals surface area contributed by atoms with Crippen molar-refractivity contribution in [2.24, 2.45) is 0 Å². The summed E-state index contributed by atoms with van der Waals surface area (Å²) in [6.07, 6.45) is 1.37. The van der Waals surface area contributed by atoms with Gasteiger partial charge in [-0.05, 0) is 37.5 Å². The third-order valence-corrected chi connectivity index (χ3v) is 4.17. The van der Waals surface area contributed by atoms with Crippen LogP contribution >= 0.6 is 11.6 Å². The van der Waals surface area contributed by atoms with E-state index in [2.05, 4.69) is 5.32 Å². The molecule has 0 saturated carbocycles. The first-order valence-corrected chi connectivity index (χ1v) is 8.38. The summed E-state index contributed by atoms with van der Waals surface area (Å²) in [7, 11) is 0. The van der Waals surface area contributed by atoms with E-state index in [1.54, 1.807) is 13.0 Å². The molecule has 1 aliphatic rings. The number of hydrogen-bond acceptors (Lipinski definition) is 4. The van der Waals surface area contributed by atoms with Crippen molar-refractivity contribution in [1.82, 2.24) is 9.80 Å². The summed E-state index contributed by atoms with van der Waals surface area (Å²) in [4.78, 5) is 49.8. The number of hydrogen-bond donors (Lipinski definition) is 1. The lowest BCUT2D eigenvalue weighted by Gasteiger charge is -2.16. The number of carbonyl (C=O) groups is 4. The highest BCUT2D eigenvalue weighted by Gasteiger charge is 2.44. The van der Waals surface area contributed by atoms with E-state index >= 15 is 0 Å². The van der Waals surface area contributed by atoms with Crippen LogP contribution < -0.4 is 5.32 Å². The molecular formula is C17H20ClN3O4. The second-order valence-corrected chi connectivity index (χ2v) is 6.38. The van der Waals surface area contributed by atoms with E-state index in [0.717, 1.165) is 22.4 Å². The third-order valence-electron chi connectivity index (χ3n) is 3.87. The average Bonchev–Trinajstić information content (AvgIpc) is 2.73. The summed E-state index contributed by atoms with van der Waals surface area (Å²) in [5, 5.41) is 2.97. The molecule has 0 spiro atoms. The molecule has 5 amide bonds. The highest BCUT2D eigenvalue weighted by Crippen LogP contribution is 2.27. The fraction of sp³-hybridized carbons (Fsp3) is 0.412. The number of nitrogens with zero attached hydrogens (tertiary/aromatic N) is 2. The van der Waals surface area contributed by atoms with Crippen molar-refractivity contribution in [2.45, 2.75) is 33.6 Å². The molecule has 0 unspecified atom stereocenters. The molecule has 25 heavy (non-hydrogen) atoms. The second kappa shape index (κ2) is 7.65. The Morgan fingerprint density at radius 1 is 1.12 bits per heavy atom. The zero-order valence-electron chi connectivity index (χ0n) is 14.4. The Morgan fingerprint density at radius 2 is 1.76 bits per heavy atom. The maximum Gasteiger partial charge on any atom is 0.334 e. The number of benzene rings is 1. The van der Waals surface area contributed by atoms with Crippen LogP contribution in [0.4, 0.5) is 10.5 Å². The molecule has 0 atom stereocenters. The van der Waals surface area contributed by atoms with Crippen LogP contribution in [0.15, 0.2) is 12.1 Å². The van der Waals surface area contributed by atoms with Crippen molar-refractivity contribution in [3.05, 3.63) is 28.3 Å². The minimum atomic E-state index is -0.983. The van der Waals surface area contributed by atoms with E-state index in [0.29, 0.717) is 22.0 Å². The molecule has 1 fully saturated rings. The van der Waals surface area contributed by atoms with E-state index in [1.165, 1.54) is 0 Å². The Morgan fingerprint density at radius 3 is 2.36 bits per heavy atom. The molecule has 1 aromatic rings. The number of anilines is 1. The quantitative estimate of drug-likeness (QED) is 0.619. The number of nitrogens with one attached hydrogen (secondary N) is 1. The Balaban J connectivity index is 2.09. The van der Waals surface area contributed by atoms with Crippen LogP contribution in [0.5, 0.6) is 0 Å². The van der Waals surface area contributed by atoms with E-state index < -0.39 is 30.3 Å². The lowest BCUT2D eigenvalue weighted by molar-refractivity contribution is -0.143. The molecular weight excluding hydrogens is 346 g/mol. The summed E-state index contributed by atoms with van der Waals surface area (Å²) in [6, 6.07) is 2.79. The van der Waals surface area contributed by atoms with Gasteiger partial charge in [-0.3, -0.25) is 19.3 Å². The Labute approximate surface area is 150 Å². The Kier molecular flexibility index (Phi) is 5.79. The SMILES string of the molecule is CCCCN1C(=O)C(=O)N(CC(=O)Nc2c(C)cc(C)cc2Cl)C1=O. The van der Waals surface area contributed by atoms with Gasteiger partial charge >= 0.3 is 17.8 Å². The fourth-order valence-electron chi connectivity index (χ4n) is 2.60. The Hall–Kier alpha value is -2.41. The normalized spacial score (nSPS) is 14.5. The van der Waals surface area contributed by atoms with Crippen LogP contribution in [-0.4, -0.2) is 46.6 Å². The number of urea groups is 1. The van der Waals surface area contributed by atoms with Gasteiger partial charge in [-0.1, -0.05) is 31.0 Å². The van der Waals surface area contributed by atoms with Gasteiger partial charge in [-0.15, -0.1) is 0 Å². The van der Waals surface area contributed by atoms with Crippen LogP contribution in [0, 0.1) is 13.8 Å². The van der Waals surface area contributed by atoms with Gasteiger partial charge in [0.2, 0.25) is 5.91 Å². The first-order chi connectivity index (χ1) is 11.8. The number of unbranched alkanes of at least 4 members (excludes halogenated alkanes) is 1. The van der Waals surface area contributed by atoms with Crippen LogP contribution in [0.3, 0.4) is 0 Å². The van der Waals surface area contributed by atoms with Crippen molar-refractivity contribution < 1.29 is 19.2 Å². The highest BCUT2D eigenvalue weighted by molar-refractivity contribution is 6.45. The van der Waals surface area contributed by atoms with Crippen LogP contribution in [0.1, 0.15) is 30.9 Å². The summed E-state index contributed by atoms with van der Waals surface area (Å²) in [6.45, 7) is 5.21. The molecule has 0 radical (unpaired) electrons. The number of carbonyl (C=O) groups excluding carboxylic acids is 4. The van der Waals surface area contributed by atoms with Crippen LogP contribution in [-0.2, 0) is 14.4 Å². The summed E-state index contributed by atoms with van der Waals surface area (Å²) >= 11 is 6.13. The lowest BCUT2D eigenvalue weighted by Crippen LogP contribution is -2.39. The van der Waals surface area contributed by atoms with Gasteiger partial charge in [0.25, 0.3) is 0 Å². The summed E-state index contributed by atoms with van der Waals surface area (Å²) in [5.41, 5.74) is 2.13. The maximum absolute atomic E-state index is 12.2. The fourth-order valence-corrected chi connectivity index (χ4v) is 2.97. The number of aryl methyl sites for hydroxylation is 2. The molecule has 1 aliphatic heterocycles. The largest absolute Gasteiger partial charge is 0.334 e. The molecule has 1 heterocycles. The molecule has 0 aromatic heterocycles. The number of halogens is 1. The zero-order chi connectivity index (χ0) is 18.7. The molecule has 1 N–H and O–H groups in total. The number of rotatable bonds is 6. The summed E-state index contributed by atoms with van der Waals surface area (Å²) < 4.78 is 0. The van der Waals surface area contributed by atoms with Crippen LogP contribution in [0.25, 0.3) is 0 Å². The second-order valence-electron chi connectivity index (χ2n) is 5.97.